The van der Waals surface area contributed by atoms with Crippen LogP contribution in [0.3, 0.4) is 0 Å². The number of amides is 3. The highest BCUT2D eigenvalue weighted by Gasteiger charge is 2.48. The third-order valence-corrected chi connectivity index (χ3v) is 8.20. The molecule has 1 saturated carbocycles. The van der Waals surface area contributed by atoms with Crippen molar-refractivity contribution in [3.05, 3.63) is 65.2 Å². The molecular formula is C29H34ClN3O3. The highest BCUT2D eigenvalue weighted by Crippen LogP contribution is 2.34. The third kappa shape index (κ3) is 5.35. The smallest absolute Gasteiger partial charge is 0.257 e. The lowest BCUT2D eigenvalue weighted by Gasteiger charge is -2.42. The van der Waals surface area contributed by atoms with Crippen molar-refractivity contribution in [1.82, 2.24) is 9.80 Å². The predicted molar refractivity (Wildman–Crippen MR) is 141 cm³/mol. The molecule has 36 heavy (non-hydrogen) atoms. The van der Waals surface area contributed by atoms with Crippen LogP contribution in [0.5, 0.6) is 0 Å². The highest BCUT2D eigenvalue weighted by molar-refractivity contribution is 6.30. The molecule has 0 radical (unpaired) electrons. The molecule has 2 heterocycles. The number of hydrogen-bond donors (Lipinski definition) is 0. The average Bonchev–Trinajstić information content (AvgIpc) is 3.20. The molecule has 1 aliphatic carbocycles. The Morgan fingerprint density at radius 2 is 1.56 bits per heavy atom. The lowest BCUT2D eigenvalue weighted by Crippen LogP contribution is -2.55. The van der Waals surface area contributed by atoms with E-state index in [0.717, 1.165) is 64.6 Å². The Balaban J connectivity index is 1.34. The first-order valence-electron chi connectivity index (χ1n) is 13.2. The molecule has 3 aliphatic rings. The van der Waals surface area contributed by atoms with Crippen LogP contribution in [0.25, 0.3) is 0 Å². The Morgan fingerprint density at radius 3 is 2.22 bits per heavy atom. The van der Waals surface area contributed by atoms with Crippen molar-refractivity contribution < 1.29 is 14.4 Å². The number of hydrogen-bond acceptors (Lipinski definition) is 4. The fraction of sp³-hybridized carbons (Fsp3) is 0.483. The van der Waals surface area contributed by atoms with Gasteiger partial charge >= 0.3 is 0 Å². The van der Waals surface area contributed by atoms with Gasteiger partial charge in [-0.2, -0.15) is 0 Å². The summed E-state index contributed by atoms with van der Waals surface area (Å²) in [5, 5.41) is 0.547. The number of halogens is 1. The zero-order valence-electron chi connectivity index (χ0n) is 20.7. The van der Waals surface area contributed by atoms with Crippen LogP contribution < -0.4 is 4.90 Å². The maximum atomic E-state index is 13.9. The van der Waals surface area contributed by atoms with Crippen molar-refractivity contribution in [3.8, 4) is 0 Å². The molecular weight excluding hydrogens is 474 g/mol. The molecule has 0 spiro atoms. The summed E-state index contributed by atoms with van der Waals surface area (Å²) in [6.45, 7) is 2.61. The topological polar surface area (TPSA) is 60.9 Å². The number of carbonyl (C=O) groups excluding carboxylic acids is 3. The number of benzene rings is 2. The average molecular weight is 508 g/mol. The van der Waals surface area contributed by atoms with Gasteiger partial charge in [0, 0.05) is 36.6 Å². The summed E-state index contributed by atoms with van der Waals surface area (Å²) in [6, 6.07) is 16.4. The number of imide groups is 1. The number of rotatable bonds is 6. The Hall–Kier alpha value is -2.70. The Morgan fingerprint density at radius 1 is 0.889 bits per heavy atom. The minimum Gasteiger partial charge on any atom is -0.327 e. The second kappa shape index (κ2) is 11.1. The fourth-order valence-electron chi connectivity index (χ4n) is 6.04. The van der Waals surface area contributed by atoms with E-state index in [2.05, 4.69) is 29.2 Å². The van der Waals surface area contributed by atoms with Gasteiger partial charge in [0.15, 0.2) is 0 Å². The zero-order chi connectivity index (χ0) is 25.1. The summed E-state index contributed by atoms with van der Waals surface area (Å²) in [5.41, 5.74) is 1.79. The van der Waals surface area contributed by atoms with Crippen LogP contribution >= 0.6 is 11.6 Å². The van der Waals surface area contributed by atoms with E-state index in [4.69, 9.17) is 11.6 Å². The van der Waals surface area contributed by atoms with Gasteiger partial charge in [-0.05, 0) is 55.5 Å². The zero-order valence-corrected chi connectivity index (χ0v) is 21.4. The van der Waals surface area contributed by atoms with Gasteiger partial charge in [-0.1, -0.05) is 61.2 Å². The molecule has 0 aromatic heterocycles. The normalized spacial score (nSPS) is 22.2. The van der Waals surface area contributed by atoms with Crippen LogP contribution in [0, 0.1) is 5.92 Å². The number of piperidine rings is 1. The van der Waals surface area contributed by atoms with Gasteiger partial charge in [0.25, 0.3) is 5.91 Å². The van der Waals surface area contributed by atoms with Crippen LogP contribution in [0.15, 0.2) is 54.6 Å². The molecule has 2 saturated heterocycles. The SMILES string of the molecule is O=C1CC(N(C(=O)C2CCCCC2)C2CCN(Cc3ccccc3)CC2)C(=O)N1c1ccc(Cl)cc1. The van der Waals surface area contributed by atoms with E-state index < -0.39 is 6.04 Å². The summed E-state index contributed by atoms with van der Waals surface area (Å²) in [5.74, 6) is -0.526. The molecule has 0 bridgehead atoms. The standard InChI is InChI=1S/C29H34ClN3O3/c30-23-11-13-24(14-12-23)33-27(34)19-26(29(33)36)32(28(35)22-9-5-2-6-10-22)25-15-17-31(18-16-25)20-21-7-3-1-4-8-21/h1,3-4,7-8,11-14,22,25-26H,2,5-6,9-10,15-20H2. The second-order valence-corrected chi connectivity index (χ2v) is 10.8. The van der Waals surface area contributed by atoms with Crippen molar-refractivity contribution in [2.75, 3.05) is 18.0 Å². The first-order valence-corrected chi connectivity index (χ1v) is 13.6. The van der Waals surface area contributed by atoms with Crippen LogP contribution in [0.4, 0.5) is 5.69 Å². The first-order chi connectivity index (χ1) is 17.5. The van der Waals surface area contributed by atoms with Gasteiger partial charge in [0.05, 0.1) is 12.1 Å². The van der Waals surface area contributed by atoms with E-state index in [1.54, 1.807) is 24.3 Å². The molecule has 2 aromatic rings. The molecule has 3 amide bonds. The van der Waals surface area contributed by atoms with E-state index in [9.17, 15) is 14.4 Å². The molecule has 0 N–H and O–H groups in total. The molecule has 5 rings (SSSR count). The number of likely N-dealkylation sites (tertiary alicyclic amines) is 1. The van der Waals surface area contributed by atoms with E-state index in [1.807, 2.05) is 11.0 Å². The van der Waals surface area contributed by atoms with Crippen molar-refractivity contribution in [1.29, 1.82) is 0 Å². The van der Waals surface area contributed by atoms with Crippen LogP contribution in [0.2, 0.25) is 5.02 Å². The van der Waals surface area contributed by atoms with Crippen molar-refractivity contribution in [3.63, 3.8) is 0 Å². The minimum absolute atomic E-state index is 0.0293. The number of carbonyl (C=O) groups is 3. The second-order valence-electron chi connectivity index (χ2n) is 10.3. The lowest BCUT2D eigenvalue weighted by molar-refractivity contribution is -0.146. The third-order valence-electron chi connectivity index (χ3n) is 7.95. The molecule has 1 unspecified atom stereocenters. The maximum Gasteiger partial charge on any atom is 0.257 e. The maximum absolute atomic E-state index is 13.9. The monoisotopic (exact) mass is 507 g/mol. The Labute approximate surface area is 218 Å². The van der Waals surface area contributed by atoms with E-state index in [-0.39, 0.29) is 36.1 Å². The Kier molecular flexibility index (Phi) is 7.73. The van der Waals surface area contributed by atoms with Crippen LogP contribution in [0.1, 0.15) is 56.9 Å². The number of nitrogens with zero attached hydrogens (tertiary/aromatic N) is 3. The van der Waals surface area contributed by atoms with Gasteiger partial charge in [0.2, 0.25) is 11.8 Å². The van der Waals surface area contributed by atoms with Crippen molar-refractivity contribution in [2.24, 2.45) is 5.92 Å². The predicted octanol–water partition coefficient (Wildman–Crippen LogP) is 5.05. The van der Waals surface area contributed by atoms with E-state index in [1.165, 1.54) is 10.5 Å². The summed E-state index contributed by atoms with van der Waals surface area (Å²) >= 11 is 6.02. The quantitative estimate of drug-likeness (QED) is 0.514. The summed E-state index contributed by atoms with van der Waals surface area (Å²) in [7, 11) is 0. The van der Waals surface area contributed by atoms with Gasteiger partial charge in [-0.15, -0.1) is 0 Å². The molecule has 1 atom stereocenters. The molecule has 2 aliphatic heterocycles. The Bertz CT molecular complexity index is 1080. The molecule has 6 nitrogen and oxygen atoms in total. The van der Waals surface area contributed by atoms with Gasteiger partial charge in [-0.3, -0.25) is 19.3 Å². The minimum atomic E-state index is -0.728. The molecule has 7 heteroatoms. The van der Waals surface area contributed by atoms with Gasteiger partial charge < -0.3 is 4.90 Å². The highest BCUT2D eigenvalue weighted by atomic mass is 35.5. The fourth-order valence-corrected chi connectivity index (χ4v) is 6.17. The van der Waals surface area contributed by atoms with E-state index in [0.29, 0.717) is 10.7 Å². The van der Waals surface area contributed by atoms with Gasteiger partial charge in [-0.25, -0.2) is 4.90 Å². The largest absolute Gasteiger partial charge is 0.327 e. The molecule has 190 valence electrons. The molecule has 3 fully saturated rings. The van der Waals surface area contributed by atoms with Crippen LogP contribution in [-0.2, 0) is 20.9 Å². The van der Waals surface area contributed by atoms with Crippen molar-refractivity contribution in [2.45, 2.75) is 70.0 Å². The van der Waals surface area contributed by atoms with E-state index >= 15 is 0 Å². The number of anilines is 1. The van der Waals surface area contributed by atoms with Gasteiger partial charge in [0.1, 0.15) is 6.04 Å². The first kappa shape index (κ1) is 25.0. The summed E-state index contributed by atoms with van der Waals surface area (Å²) < 4.78 is 0. The summed E-state index contributed by atoms with van der Waals surface area (Å²) in [6.07, 6.45) is 6.67. The van der Waals surface area contributed by atoms with Crippen LogP contribution in [-0.4, -0.2) is 52.7 Å². The molecule has 2 aromatic carbocycles. The lowest BCUT2D eigenvalue weighted by atomic mass is 9.86. The van der Waals surface area contributed by atoms with Crippen molar-refractivity contribution >= 4 is 35.0 Å². The summed E-state index contributed by atoms with van der Waals surface area (Å²) in [4.78, 5) is 46.1.